The molecule has 2 aromatic carbocycles. The number of rotatable bonds is 2. The highest BCUT2D eigenvalue weighted by Gasteiger charge is 1.98. The fraction of sp³-hybridized carbons (Fsp3) is 0.0556. The SMILES string of the molecule is C(#Cc1cccc(Cc2c[nH]cn2)c1)c1ccccc1. The molecule has 2 heteroatoms. The zero-order chi connectivity index (χ0) is 13.6. The van der Waals surface area contributed by atoms with Crippen LogP contribution in [-0.4, -0.2) is 9.97 Å². The van der Waals surface area contributed by atoms with E-state index in [1.54, 1.807) is 6.33 Å². The molecule has 0 fully saturated rings. The molecule has 3 aromatic rings. The molecule has 0 aliphatic heterocycles. The smallest absolute Gasteiger partial charge is 0.0923 e. The topological polar surface area (TPSA) is 28.7 Å². The predicted octanol–water partition coefficient (Wildman–Crippen LogP) is 3.40. The summed E-state index contributed by atoms with van der Waals surface area (Å²) in [6.07, 6.45) is 4.45. The molecular weight excluding hydrogens is 244 g/mol. The fourth-order valence-electron chi connectivity index (χ4n) is 2.02. The van der Waals surface area contributed by atoms with Crippen LogP contribution in [0.25, 0.3) is 0 Å². The average molecular weight is 258 g/mol. The van der Waals surface area contributed by atoms with Gasteiger partial charge in [0.15, 0.2) is 0 Å². The number of benzene rings is 2. The van der Waals surface area contributed by atoms with Gasteiger partial charge in [0.05, 0.1) is 12.0 Å². The van der Waals surface area contributed by atoms with Crippen LogP contribution >= 0.6 is 0 Å². The summed E-state index contributed by atoms with van der Waals surface area (Å²) < 4.78 is 0. The second-order valence-electron chi connectivity index (χ2n) is 4.55. The molecule has 0 spiro atoms. The van der Waals surface area contributed by atoms with E-state index in [0.29, 0.717) is 0 Å². The molecule has 0 unspecified atom stereocenters. The molecule has 0 saturated carbocycles. The zero-order valence-electron chi connectivity index (χ0n) is 11.0. The van der Waals surface area contributed by atoms with E-state index >= 15 is 0 Å². The van der Waals surface area contributed by atoms with Crippen LogP contribution in [0.2, 0.25) is 0 Å². The summed E-state index contributed by atoms with van der Waals surface area (Å²) in [5.74, 6) is 6.38. The lowest BCUT2D eigenvalue weighted by atomic mass is 10.1. The van der Waals surface area contributed by atoms with Crippen molar-refractivity contribution in [2.75, 3.05) is 0 Å². The maximum atomic E-state index is 4.24. The van der Waals surface area contributed by atoms with Gasteiger partial charge in [0.1, 0.15) is 0 Å². The van der Waals surface area contributed by atoms with Crippen LogP contribution in [-0.2, 0) is 6.42 Å². The molecule has 0 saturated heterocycles. The number of aromatic amines is 1. The number of H-pyrrole nitrogens is 1. The Morgan fingerprint density at radius 3 is 2.50 bits per heavy atom. The molecule has 20 heavy (non-hydrogen) atoms. The van der Waals surface area contributed by atoms with Crippen molar-refractivity contribution in [3.05, 3.63) is 89.5 Å². The van der Waals surface area contributed by atoms with Crippen molar-refractivity contribution >= 4 is 0 Å². The molecule has 1 heterocycles. The van der Waals surface area contributed by atoms with Gasteiger partial charge in [0.25, 0.3) is 0 Å². The van der Waals surface area contributed by atoms with Gasteiger partial charge >= 0.3 is 0 Å². The van der Waals surface area contributed by atoms with E-state index in [0.717, 1.165) is 23.2 Å². The third-order valence-electron chi connectivity index (χ3n) is 2.99. The number of nitrogens with one attached hydrogen (secondary N) is 1. The van der Waals surface area contributed by atoms with Crippen molar-refractivity contribution in [3.63, 3.8) is 0 Å². The van der Waals surface area contributed by atoms with Gasteiger partial charge in [-0.2, -0.15) is 0 Å². The molecule has 1 N–H and O–H groups in total. The zero-order valence-corrected chi connectivity index (χ0v) is 11.0. The fourth-order valence-corrected chi connectivity index (χ4v) is 2.02. The van der Waals surface area contributed by atoms with E-state index in [-0.39, 0.29) is 0 Å². The molecule has 0 radical (unpaired) electrons. The Balaban J connectivity index is 1.80. The Kier molecular flexibility index (Phi) is 3.62. The lowest BCUT2D eigenvalue weighted by molar-refractivity contribution is 1.11. The van der Waals surface area contributed by atoms with Crippen LogP contribution in [0, 0.1) is 11.8 Å². The maximum Gasteiger partial charge on any atom is 0.0923 e. The second kappa shape index (κ2) is 5.90. The molecule has 0 aliphatic carbocycles. The van der Waals surface area contributed by atoms with Gasteiger partial charge in [-0.1, -0.05) is 42.2 Å². The molecule has 3 rings (SSSR count). The van der Waals surface area contributed by atoms with Crippen molar-refractivity contribution < 1.29 is 0 Å². The first kappa shape index (κ1) is 12.3. The Morgan fingerprint density at radius 1 is 0.900 bits per heavy atom. The van der Waals surface area contributed by atoms with Crippen molar-refractivity contribution in [3.8, 4) is 11.8 Å². The molecule has 0 bridgehead atoms. The number of aromatic nitrogens is 2. The van der Waals surface area contributed by atoms with E-state index in [4.69, 9.17) is 0 Å². The predicted molar refractivity (Wildman–Crippen MR) is 80.3 cm³/mol. The van der Waals surface area contributed by atoms with Crippen LogP contribution in [0.5, 0.6) is 0 Å². The second-order valence-corrected chi connectivity index (χ2v) is 4.55. The third-order valence-corrected chi connectivity index (χ3v) is 2.99. The van der Waals surface area contributed by atoms with Crippen LogP contribution in [0.4, 0.5) is 0 Å². The standard InChI is InChI=1S/C18H14N2/c1-2-5-15(6-3-1)9-10-16-7-4-8-17(11-16)12-18-13-19-14-20-18/h1-8,11,13-14H,12H2,(H,19,20). The van der Waals surface area contributed by atoms with Gasteiger partial charge in [0.2, 0.25) is 0 Å². The lowest BCUT2D eigenvalue weighted by Crippen LogP contribution is -1.88. The lowest BCUT2D eigenvalue weighted by Gasteiger charge is -1.99. The minimum atomic E-state index is 0.824. The van der Waals surface area contributed by atoms with Gasteiger partial charge in [-0.25, -0.2) is 4.98 Å². The number of imidazole rings is 1. The highest BCUT2D eigenvalue weighted by molar-refractivity contribution is 5.44. The summed E-state index contributed by atoms with van der Waals surface area (Å²) in [4.78, 5) is 7.22. The third kappa shape index (κ3) is 3.15. The van der Waals surface area contributed by atoms with Crippen LogP contribution in [0.3, 0.4) is 0 Å². The summed E-state index contributed by atoms with van der Waals surface area (Å²) in [6, 6.07) is 18.3. The van der Waals surface area contributed by atoms with E-state index in [1.165, 1.54) is 5.56 Å². The van der Waals surface area contributed by atoms with Gasteiger partial charge < -0.3 is 4.98 Å². The van der Waals surface area contributed by atoms with E-state index in [2.05, 4.69) is 33.9 Å². The summed E-state index contributed by atoms with van der Waals surface area (Å²) >= 11 is 0. The summed E-state index contributed by atoms with van der Waals surface area (Å²) in [5.41, 5.74) is 4.32. The highest BCUT2D eigenvalue weighted by atomic mass is 14.9. The van der Waals surface area contributed by atoms with E-state index < -0.39 is 0 Å². The van der Waals surface area contributed by atoms with E-state index in [9.17, 15) is 0 Å². The monoisotopic (exact) mass is 258 g/mol. The van der Waals surface area contributed by atoms with Crippen molar-refractivity contribution in [1.29, 1.82) is 0 Å². The first-order chi connectivity index (χ1) is 9.90. The summed E-state index contributed by atoms with van der Waals surface area (Å²) in [7, 11) is 0. The minimum Gasteiger partial charge on any atom is -0.351 e. The Bertz CT molecular complexity index is 732. The average Bonchev–Trinajstić information content (AvgIpc) is 3.00. The van der Waals surface area contributed by atoms with Gasteiger partial charge in [0, 0.05) is 23.7 Å². The Morgan fingerprint density at radius 2 is 1.70 bits per heavy atom. The molecule has 0 atom stereocenters. The Labute approximate surface area is 118 Å². The largest absolute Gasteiger partial charge is 0.351 e. The first-order valence-corrected chi connectivity index (χ1v) is 6.54. The van der Waals surface area contributed by atoms with Gasteiger partial charge in [-0.15, -0.1) is 0 Å². The van der Waals surface area contributed by atoms with Crippen molar-refractivity contribution in [1.82, 2.24) is 9.97 Å². The molecule has 0 aliphatic rings. The van der Waals surface area contributed by atoms with Crippen LogP contribution in [0.15, 0.2) is 67.1 Å². The molecule has 96 valence electrons. The van der Waals surface area contributed by atoms with Crippen LogP contribution < -0.4 is 0 Å². The van der Waals surface area contributed by atoms with E-state index in [1.807, 2.05) is 48.7 Å². The van der Waals surface area contributed by atoms with Crippen molar-refractivity contribution in [2.24, 2.45) is 0 Å². The Hall–Kier alpha value is -2.79. The number of hydrogen-bond donors (Lipinski definition) is 1. The molecule has 2 nitrogen and oxygen atoms in total. The molecule has 1 aromatic heterocycles. The summed E-state index contributed by atoms with van der Waals surface area (Å²) in [6.45, 7) is 0. The summed E-state index contributed by atoms with van der Waals surface area (Å²) in [5, 5.41) is 0. The normalized spacial score (nSPS) is 9.80. The number of nitrogens with zero attached hydrogens (tertiary/aromatic N) is 1. The number of hydrogen-bond acceptors (Lipinski definition) is 1. The quantitative estimate of drug-likeness (QED) is 0.701. The van der Waals surface area contributed by atoms with Crippen LogP contribution in [0.1, 0.15) is 22.4 Å². The van der Waals surface area contributed by atoms with Gasteiger partial charge in [-0.3, -0.25) is 0 Å². The first-order valence-electron chi connectivity index (χ1n) is 6.54. The van der Waals surface area contributed by atoms with Gasteiger partial charge in [-0.05, 0) is 29.8 Å². The minimum absolute atomic E-state index is 0.824. The van der Waals surface area contributed by atoms with Crippen molar-refractivity contribution in [2.45, 2.75) is 6.42 Å². The maximum absolute atomic E-state index is 4.24. The highest BCUT2D eigenvalue weighted by Crippen LogP contribution is 2.09. The molecule has 0 amide bonds. The molecular formula is C18H14N2.